The van der Waals surface area contributed by atoms with Crippen LogP contribution in [-0.2, 0) is 0 Å². The summed E-state index contributed by atoms with van der Waals surface area (Å²) in [6.45, 7) is 0. The second-order valence-electron chi connectivity index (χ2n) is 5.96. The normalized spacial score (nSPS) is 11.3. The first-order chi connectivity index (χ1) is 14.1. The van der Waals surface area contributed by atoms with Gasteiger partial charge in [-0.15, -0.1) is 10.2 Å². The number of hydrogen-bond acceptors (Lipinski definition) is 7. The van der Waals surface area contributed by atoms with Crippen molar-refractivity contribution in [1.82, 2.24) is 19.8 Å². The molecule has 4 rings (SSSR count). The summed E-state index contributed by atoms with van der Waals surface area (Å²) in [6.07, 6.45) is 3.91. The Bertz CT molecular complexity index is 1160. The number of halogens is 1. The van der Waals surface area contributed by atoms with Gasteiger partial charge in [0.15, 0.2) is 17.3 Å². The fourth-order valence-electron chi connectivity index (χ4n) is 2.83. The van der Waals surface area contributed by atoms with Crippen LogP contribution in [0.4, 0.5) is 0 Å². The summed E-state index contributed by atoms with van der Waals surface area (Å²) in [7, 11) is 4.71. The van der Waals surface area contributed by atoms with Gasteiger partial charge in [0.1, 0.15) is 5.01 Å². The highest BCUT2D eigenvalue weighted by Crippen LogP contribution is 2.41. The van der Waals surface area contributed by atoms with Gasteiger partial charge in [0.2, 0.25) is 10.7 Å². The van der Waals surface area contributed by atoms with Crippen LogP contribution in [0.3, 0.4) is 0 Å². The fourth-order valence-corrected chi connectivity index (χ4v) is 3.70. The maximum absolute atomic E-state index is 5.93. The molecule has 0 spiro atoms. The number of aromatic nitrogens is 4. The smallest absolute Gasteiger partial charge is 0.235 e. The predicted molar refractivity (Wildman–Crippen MR) is 114 cm³/mol. The molecule has 0 saturated carbocycles. The zero-order valence-corrected chi connectivity index (χ0v) is 17.5. The molecule has 0 atom stereocenters. The van der Waals surface area contributed by atoms with Gasteiger partial charge in [-0.2, -0.15) is 9.61 Å². The SMILES string of the molecule is COc1cc(-c2nnc3sc(/C=C/c4ccc(Cl)cc4)nn23)cc(OC)c1OC. The molecular formula is C20H17ClN4O3S. The maximum Gasteiger partial charge on any atom is 0.235 e. The van der Waals surface area contributed by atoms with Crippen LogP contribution in [-0.4, -0.2) is 41.1 Å². The summed E-state index contributed by atoms with van der Waals surface area (Å²) >= 11 is 7.37. The van der Waals surface area contributed by atoms with E-state index in [0.29, 0.717) is 33.1 Å². The molecular weight excluding hydrogens is 412 g/mol. The maximum atomic E-state index is 5.93. The van der Waals surface area contributed by atoms with E-state index in [1.54, 1.807) is 25.8 Å². The molecule has 0 bridgehead atoms. The average Bonchev–Trinajstić information content (AvgIpc) is 3.32. The van der Waals surface area contributed by atoms with Gasteiger partial charge >= 0.3 is 0 Å². The van der Waals surface area contributed by atoms with E-state index in [-0.39, 0.29) is 0 Å². The third-order valence-corrected chi connectivity index (χ3v) is 5.33. The number of fused-ring (bicyclic) bond motifs is 1. The highest BCUT2D eigenvalue weighted by Gasteiger charge is 2.18. The first-order valence-electron chi connectivity index (χ1n) is 8.59. The van der Waals surface area contributed by atoms with Crippen molar-refractivity contribution in [2.24, 2.45) is 0 Å². The molecule has 0 fully saturated rings. The van der Waals surface area contributed by atoms with Crippen LogP contribution in [0, 0.1) is 0 Å². The van der Waals surface area contributed by atoms with Gasteiger partial charge in [-0.05, 0) is 35.9 Å². The second-order valence-corrected chi connectivity index (χ2v) is 7.38. The molecule has 29 heavy (non-hydrogen) atoms. The summed E-state index contributed by atoms with van der Waals surface area (Å²) in [6, 6.07) is 11.2. The number of rotatable bonds is 6. The van der Waals surface area contributed by atoms with E-state index in [1.807, 2.05) is 48.6 Å². The Morgan fingerprint density at radius 2 is 1.62 bits per heavy atom. The van der Waals surface area contributed by atoms with Crippen LogP contribution in [0.2, 0.25) is 5.02 Å². The molecule has 0 amide bonds. The minimum Gasteiger partial charge on any atom is -0.493 e. The van der Waals surface area contributed by atoms with Crippen molar-refractivity contribution >= 4 is 40.1 Å². The van der Waals surface area contributed by atoms with E-state index in [4.69, 9.17) is 25.8 Å². The standard InChI is InChI=1S/C20H17ClN4O3S/c1-26-15-10-13(11-16(27-2)18(15)28-3)19-22-23-20-25(19)24-17(29-20)9-6-12-4-7-14(21)8-5-12/h4-11H,1-3H3/b9-6+. The lowest BCUT2D eigenvalue weighted by Crippen LogP contribution is -1.97. The highest BCUT2D eigenvalue weighted by atomic mass is 35.5. The van der Waals surface area contributed by atoms with E-state index in [1.165, 1.54) is 11.3 Å². The molecule has 7 nitrogen and oxygen atoms in total. The van der Waals surface area contributed by atoms with Gasteiger partial charge in [0.25, 0.3) is 0 Å². The average molecular weight is 429 g/mol. The Balaban J connectivity index is 1.72. The molecule has 2 aromatic heterocycles. The van der Waals surface area contributed by atoms with Crippen molar-refractivity contribution in [3.8, 4) is 28.6 Å². The third kappa shape index (κ3) is 3.76. The molecule has 0 unspecified atom stereocenters. The van der Waals surface area contributed by atoms with Gasteiger partial charge in [0.05, 0.1) is 21.3 Å². The van der Waals surface area contributed by atoms with E-state index in [2.05, 4.69) is 15.3 Å². The van der Waals surface area contributed by atoms with Gasteiger partial charge < -0.3 is 14.2 Å². The van der Waals surface area contributed by atoms with Gasteiger partial charge in [-0.25, -0.2) is 0 Å². The molecule has 148 valence electrons. The second kappa shape index (κ2) is 8.10. The summed E-state index contributed by atoms with van der Waals surface area (Å²) in [5.41, 5.74) is 1.79. The zero-order valence-electron chi connectivity index (χ0n) is 15.9. The molecule has 0 radical (unpaired) electrons. The molecule has 2 aromatic carbocycles. The monoisotopic (exact) mass is 428 g/mol. The topological polar surface area (TPSA) is 70.8 Å². The van der Waals surface area contributed by atoms with Crippen molar-refractivity contribution in [2.45, 2.75) is 0 Å². The van der Waals surface area contributed by atoms with E-state index >= 15 is 0 Å². The molecule has 0 aliphatic heterocycles. The molecule has 9 heteroatoms. The number of nitrogens with zero attached hydrogens (tertiary/aromatic N) is 4. The third-order valence-electron chi connectivity index (χ3n) is 4.22. The molecule has 4 aromatic rings. The van der Waals surface area contributed by atoms with Gasteiger partial charge in [-0.3, -0.25) is 0 Å². The quantitative estimate of drug-likeness (QED) is 0.443. The van der Waals surface area contributed by atoms with Crippen molar-refractivity contribution in [2.75, 3.05) is 21.3 Å². The first-order valence-corrected chi connectivity index (χ1v) is 9.78. The van der Waals surface area contributed by atoms with Crippen molar-refractivity contribution in [3.05, 3.63) is 52.0 Å². The van der Waals surface area contributed by atoms with E-state index < -0.39 is 0 Å². The summed E-state index contributed by atoms with van der Waals surface area (Å²) in [5.74, 6) is 2.18. The van der Waals surface area contributed by atoms with Crippen molar-refractivity contribution in [3.63, 3.8) is 0 Å². The zero-order chi connectivity index (χ0) is 20.4. The van der Waals surface area contributed by atoms with Gasteiger partial charge in [-0.1, -0.05) is 41.1 Å². The van der Waals surface area contributed by atoms with Crippen LogP contribution >= 0.6 is 22.9 Å². The first kappa shape index (κ1) is 19.2. The Kier molecular flexibility index (Phi) is 5.37. The minimum absolute atomic E-state index is 0.518. The minimum atomic E-state index is 0.518. The Morgan fingerprint density at radius 1 is 0.931 bits per heavy atom. The lowest BCUT2D eigenvalue weighted by molar-refractivity contribution is 0.324. The van der Waals surface area contributed by atoms with Crippen LogP contribution < -0.4 is 14.2 Å². The summed E-state index contributed by atoms with van der Waals surface area (Å²) in [5, 5.41) is 14.6. The molecule has 0 saturated heterocycles. The van der Waals surface area contributed by atoms with Crippen LogP contribution in [0.1, 0.15) is 10.6 Å². The largest absolute Gasteiger partial charge is 0.493 e. The Hall–Kier alpha value is -3.10. The van der Waals surface area contributed by atoms with Gasteiger partial charge in [0, 0.05) is 10.6 Å². The molecule has 2 heterocycles. The van der Waals surface area contributed by atoms with Crippen molar-refractivity contribution < 1.29 is 14.2 Å². The number of hydrogen-bond donors (Lipinski definition) is 0. The van der Waals surface area contributed by atoms with Crippen LogP contribution in [0.15, 0.2) is 36.4 Å². The lowest BCUT2D eigenvalue weighted by Gasteiger charge is -2.13. The molecule has 0 aliphatic carbocycles. The van der Waals surface area contributed by atoms with Crippen molar-refractivity contribution in [1.29, 1.82) is 0 Å². The fraction of sp³-hybridized carbons (Fsp3) is 0.150. The predicted octanol–water partition coefficient (Wildman–Crippen LogP) is 4.70. The molecule has 0 aliphatic rings. The highest BCUT2D eigenvalue weighted by molar-refractivity contribution is 7.17. The number of benzene rings is 2. The summed E-state index contributed by atoms with van der Waals surface area (Å²) in [4.78, 5) is 0.685. The Labute approximate surface area is 176 Å². The van der Waals surface area contributed by atoms with Crippen LogP contribution in [0.25, 0.3) is 28.5 Å². The van der Waals surface area contributed by atoms with E-state index in [0.717, 1.165) is 16.1 Å². The van der Waals surface area contributed by atoms with Crippen LogP contribution in [0.5, 0.6) is 17.2 Å². The van der Waals surface area contributed by atoms with E-state index in [9.17, 15) is 0 Å². The number of ether oxygens (including phenoxy) is 3. The number of methoxy groups -OCH3 is 3. The summed E-state index contributed by atoms with van der Waals surface area (Å²) < 4.78 is 17.9. The lowest BCUT2D eigenvalue weighted by atomic mass is 10.1. The molecule has 0 N–H and O–H groups in total. The Morgan fingerprint density at radius 3 is 2.24 bits per heavy atom.